The Morgan fingerprint density at radius 2 is 1.95 bits per heavy atom. The summed E-state index contributed by atoms with van der Waals surface area (Å²) in [4.78, 5) is 23.9. The van der Waals surface area contributed by atoms with E-state index in [9.17, 15) is 4.79 Å². The molecule has 7 nitrogen and oxygen atoms in total. The lowest BCUT2D eigenvalue weighted by atomic mass is 10.3. The van der Waals surface area contributed by atoms with Gasteiger partial charge in [0.15, 0.2) is 5.96 Å². The lowest BCUT2D eigenvalue weighted by Crippen LogP contribution is -2.53. The molecule has 0 aliphatic carbocycles. The fourth-order valence-corrected chi connectivity index (χ4v) is 2.29. The van der Waals surface area contributed by atoms with Crippen LogP contribution in [0.15, 0.2) is 17.4 Å². The van der Waals surface area contributed by atoms with E-state index in [1.807, 2.05) is 22.7 Å². The first-order valence-electron chi connectivity index (χ1n) is 6.79. The van der Waals surface area contributed by atoms with Crippen LogP contribution in [0.25, 0.3) is 0 Å². The van der Waals surface area contributed by atoms with Crippen molar-refractivity contribution in [2.45, 2.75) is 13.5 Å². The molecule has 1 saturated heterocycles. The summed E-state index contributed by atoms with van der Waals surface area (Å²) < 4.78 is 1.98. The van der Waals surface area contributed by atoms with Crippen LogP contribution in [-0.2, 0) is 18.4 Å². The fraction of sp³-hybridized carbons (Fsp3) is 0.615. The molecule has 1 aromatic rings. The zero-order valence-electron chi connectivity index (χ0n) is 12.7. The molecule has 1 N–H and O–H groups in total. The van der Waals surface area contributed by atoms with Crippen LogP contribution < -0.4 is 5.32 Å². The van der Waals surface area contributed by atoms with Gasteiger partial charge >= 0.3 is 0 Å². The number of hydrogen-bond donors (Lipinski definition) is 1. The third-order valence-electron chi connectivity index (χ3n) is 3.56. The van der Waals surface area contributed by atoms with Crippen molar-refractivity contribution in [3.8, 4) is 0 Å². The first-order valence-corrected chi connectivity index (χ1v) is 6.79. The van der Waals surface area contributed by atoms with Gasteiger partial charge in [-0.05, 0) is 0 Å². The second-order valence-corrected chi connectivity index (χ2v) is 4.85. The SMILES string of the molecule is CN=C(NCc1nccn1C)N1CCN(C(C)=O)CC1.I. The Kier molecular flexibility index (Phi) is 6.93. The molecule has 1 fully saturated rings. The molecule has 1 aliphatic heterocycles. The number of halogens is 1. The minimum atomic E-state index is 0. The molecule has 1 amide bonds. The summed E-state index contributed by atoms with van der Waals surface area (Å²) in [7, 11) is 3.75. The highest BCUT2D eigenvalue weighted by Crippen LogP contribution is 2.03. The maximum absolute atomic E-state index is 11.3. The van der Waals surface area contributed by atoms with Crippen molar-refractivity contribution < 1.29 is 4.79 Å². The lowest BCUT2D eigenvalue weighted by molar-refractivity contribution is -0.130. The Morgan fingerprint density at radius 1 is 1.33 bits per heavy atom. The number of aryl methyl sites for hydroxylation is 1. The van der Waals surface area contributed by atoms with Crippen LogP contribution in [0.5, 0.6) is 0 Å². The summed E-state index contributed by atoms with van der Waals surface area (Å²) in [5, 5.41) is 3.32. The van der Waals surface area contributed by atoms with E-state index in [2.05, 4.69) is 20.2 Å². The van der Waals surface area contributed by atoms with E-state index in [-0.39, 0.29) is 29.9 Å². The molecule has 2 heterocycles. The van der Waals surface area contributed by atoms with Crippen molar-refractivity contribution >= 4 is 35.8 Å². The summed E-state index contributed by atoms with van der Waals surface area (Å²) in [5.74, 6) is 1.96. The van der Waals surface area contributed by atoms with E-state index < -0.39 is 0 Å². The average molecular weight is 406 g/mol. The van der Waals surface area contributed by atoms with Crippen LogP contribution in [0.4, 0.5) is 0 Å². The smallest absolute Gasteiger partial charge is 0.219 e. The number of guanidine groups is 1. The Balaban J connectivity index is 0.00000220. The molecule has 0 unspecified atom stereocenters. The number of nitrogens with zero attached hydrogens (tertiary/aromatic N) is 5. The predicted molar refractivity (Wildman–Crippen MR) is 92.6 cm³/mol. The van der Waals surface area contributed by atoms with Crippen molar-refractivity contribution in [3.63, 3.8) is 0 Å². The quantitative estimate of drug-likeness (QED) is 0.436. The normalized spacial score (nSPS) is 15.7. The minimum Gasteiger partial charge on any atom is -0.349 e. The summed E-state index contributed by atoms with van der Waals surface area (Å²) in [6.45, 7) is 5.36. The molecule has 0 aromatic carbocycles. The van der Waals surface area contributed by atoms with Crippen molar-refractivity contribution in [1.29, 1.82) is 0 Å². The van der Waals surface area contributed by atoms with E-state index in [1.165, 1.54) is 0 Å². The number of rotatable bonds is 2. The van der Waals surface area contributed by atoms with Gasteiger partial charge in [-0.3, -0.25) is 9.79 Å². The third kappa shape index (κ3) is 4.58. The topological polar surface area (TPSA) is 65.8 Å². The van der Waals surface area contributed by atoms with Crippen LogP contribution >= 0.6 is 24.0 Å². The molecule has 0 atom stereocenters. The number of imidazole rings is 1. The first kappa shape index (κ1) is 17.7. The molecule has 0 bridgehead atoms. The Labute approximate surface area is 142 Å². The van der Waals surface area contributed by atoms with Gasteiger partial charge in [0.25, 0.3) is 0 Å². The summed E-state index contributed by atoms with van der Waals surface area (Å²) in [6.07, 6.45) is 3.71. The maximum atomic E-state index is 11.3. The number of aromatic nitrogens is 2. The van der Waals surface area contributed by atoms with Crippen LogP contribution in [0.2, 0.25) is 0 Å². The largest absolute Gasteiger partial charge is 0.349 e. The number of amides is 1. The van der Waals surface area contributed by atoms with Gasteiger partial charge < -0.3 is 19.7 Å². The van der Waals surface area contributed by atoms with Gasteiger partial charge in [0, 0.05) is 59.6 Å². The summed E-state index contributed by atoms with van der Waals surface area (Å²) >= 11 is 0. The number of hydrogen-bond acceptors (Lipinski definition) is 3. The third-order valence-corrected chi connectivity index (χ3v) is 3.56. The molecule has 2 rings (SSSR count). The number of nitrogens with one attached hydrogen (secondary N) is 1. The number of carbonyl (C=O) groups excluding carboxylic acids is 1. The molecule has 118 valence electrons. The Morgan fingerprint density at radius 3 is 2.43 bits per heavy atom. The second-order valence-electron chi connectivity index (χ2n) is 4.85. The Hall–Kier alpha value is -1.32. The molecule has 21 heavy (non-hydrogen) atoms. The monoisotopic (exact) mass is 406 g/mol. The highest BCUT2D eigenvalue weighted by atomic mass is 127. The zero-order valence-corrected chi connectivity index (χ0v) is 15.1. The summed E-state index contributed by atoms with van der Waals surface area (Å²) in [5.41, 5.74) is 0. The van der Waals surface area contributed by atoms with Gasteiger partial charge in [-0.15, -0.1) is 24.0 Å². The number of carbonyl (C=O) groups is 1. The Bertz CT molecular complexity index is 493. The predicted octanol–water partition coefficient (Wildman–Crippen LogP) is 0.278. The van der Waals surface area contributed by atoms with Gasteiger partial charge in [0.2, 0.25) is 5.91 Å². The van der Waals surface area contributed by atoms with Crippen molar-refractivity contribution in [1.82, 2.24) is 24.7 Å². The van der Waals surface area contributed by atoms with Crippen molar-refractivity contribution in [3.05, 3.63) is 18.2 Å². The van der Waals surface area contributed by atoms with Crippen LogP contribution in [0.1, 0.15) is 12.7 Å². The van der Waals surface area contributed by atoms with E-state index in [0.717, 1.165) is 38.0 Å². The van der Waals surface area contributed by atoms with Crippen molar-refractivity contribution in [2.24, 2.45) is 12.0 Å². The standard InChI is InChI=1S/C13H22N6O.HI/c1-11(20)18-6-8-19(9-7-18)13(14-2)16-10-12-15-4-5-17(12)3;/h4-5H,6-10H2,1-3H3,(H,14,16);1H. The molecule has 0 spiro atoms. The molecular weight excluding hydrogens is 383 g/mol. The van der Waals surface area contributed by atoms with E-state index >= 15 is 0 Å². The van der Waals surface area contributed by atoms with Gasteiger partial charge in [-0.2, -0.15) is 0 Å². The first-order chi connectivity index (χ1) is 9.61. The van der Waals surface area contributed by atoms with Crippen LogP contribution in [-0.4, -0.2) is 64.4 Å². The summed E-state index contributed by atoms with van der Waals surface area (Å²) in [6, 6.07) is 0. The average Bonchev–Trinajstić information content (AvgIpc) is 2.85. The minimum absolute atomic E-state index is 0. The number of piperazine rings is 1. The molecule has 1 aromatic heterocycles. The number of aliphatic imine (C=N–C) groups is 1. The molecule has 0 saturated carbocycles. The second kappa shape index (κ2) is 8.20. The van der Waals surface area contributed by atoms with Crippen LogP contribution in [0.3, 0.4) is 0 Å². The molecular formula is C13H23IN6O. The maximum Gasteiger partial charge on any atom is 0.219 e. The zero-order chi connectivity index (χ0) is 14.5. The lowest BCUT2D eigenvalue weighted by Gasteiger charge is -2.36. The van der Waals surface area contributed by atoms with E-state index in [0.29, 0.717) is 6.54 Å². The van der Waals surface area contributed by atoms with Gasteiger partial charge in [-0.1, -0.05) is 0 Å². The van der Waals surface area contributed by atoms with Gasteiger partial charge in [-0.25, -0.2) is 4.98 Å². The van der Waals surface area contributed by atoms with Gasteiger partial charge in [0.1, 0.15) is 5.82 Å². The highest BCUT2D eigenvalue weighted by Gasteiger charge is 2.20. The van der Waals surface area contributed by atoms with Gasteiger partial charge in [0.05, 0.1) is 6.54 Å². The molecule has 8 heteroatoms. The molecule has 0 radical (unpaired) electrons. The van der Waals surface area contributed by atoms with Crippen LogP contribution in [0, 0.1) is 0 Å². The van der Waals surface area contributed by atoms with Crippen molar-refractivity contribution in [2.75, 3.05) is 33.2 Å². The van der Waals surface area contributed by atoms with E-state index in [1.54, 1.807) is 20.2 Å². The highest BCUT2D eigenvalue weighted by molar-refractivity contribution is 14.0. The molecule has 1 aliphatic rings. The van der Waals surface area contributed by atoms with E-state index in [4.69, 9.17) is 0 Å². The fourth-order valence-electron chi connectivity index (χ4n) is 2.29.